The van der Waals surface area contributed by atoms with Crippen molar-refractivity contribution in [2.45, 2.75) is 50.7 Å². The van der Waals surface area contributed by atoms with Crippen LogP contribution in [0.2, 0.25) is 0 Å². The topological polar surface area (TPSA) is 12.0 Å². The molecule has 1 aliphatic rings. The summed E-state index contributed by atoms with van der Waals surface area (Å²) in [5.41, 5.74) is -0.554. The maximum atomic E-state index is 13.3. The summed E-state index contributed by atoms with van der Waals surface area (Å²) in [5, 5.41) is 3.34. The third kappa shape index (κ3) is 3.51. The van der Waals surface area contributed by atoms with Crippen molar-refractivity contribution in [3.63, 3.8) is 0 Å². The smallest absolute Gasteiger partial charge is 0.314 e. The molecule has 0 aliphatic heterocycles. The van der Waals surface area contributed by atoms with Gasteiger partial charge < -0.3 is 5.32 Å². The van der Waals surface area contributed by atoms with Crippen molar-refractivity contribution >= 4 is 0 Å². The lowest BCUT2D eigenvalue weighted by molar-refractivity contribution is -0.140. The van der Waals surface area contributed by atoms with E-state index < -0.39 is 17.6 Å². The number of benzene rings is 1. The number of hydrogen-bond acceptors (Lipinski definition) is 1. The fourth-order valence-electron chi connectivity index (χ4n) is 2.98. The molecule has 1 aliphatic carbocycles. The first-order valence-electron chi connectivity index (χ1n) is 7.01. The zero-order chi connectivity index (χ0) is 14.8. The normalized spacial score (nSPS) is 23.9. The molecular weight excluding hydrogens is 270 g/mol. The monoisotopic (exact) mass is 289 g/mol. The van der Waals surface area contributed by atoms with Gasteiger partial charge >= 0.3 is 6.18 Å². The van der Waals surface area contributed by atoms with E-state index in [1.165, 1.54) is 6.07 Å². The van der Waals surface area contributed by atoms with Gasteiger partial charge in [-0.25, -0.2) is 4.39 Å². The third-order valence-corrected chi connectivity index (χ3v) is 3.93. The Morgan fingerprint density at radius 1 is 1.25 bits per heavy atom. The number of halogens is 4. The standard InChI is InChI=1S/C15H19F4N/c1-2-20-12-5-3-4-10(8-12)11-6-7-14(16)13(9-11)15(17,18)19/h6-7,9-10,12,20H,2-5,8H2,1H3. The van der Waals surface area contributed by atoms with Gasteiger partial charge in [-0.2, -0.15) is 13.2 Å². The lowest BCUT2D eigenvalue weighted by atomic mass is 9.81. The molecule has 0 amide bonds. The molecule has 1 aromatic carbocycles. The Hall–Kier alpha value is -1.10. The van der Waals surface area contributed by atoms with Gasteiger partial charge in [-0.3, -0.25) is 0 Å². The third-order valence-electron chi connectivity index (χ3n) is 3.93. The van der Waals surface area contributed by atoms with E-state index >= 15 is 0 Å². The van der Waals surface area contributed by atoms with Crippen molar-refractivity contribution < 1.29 is 17.6 Å². The van der Waals surface area contributed by atoms with Gasteiger partial charge in [0.1, 0.15) is 5.82 Å². The van der Waals surface area contributed by atoms with Gasteiger partial charge in [-0.15, -0.1) is 0 Å². The van der Waals surface area contributed by atoms with Crippen molar-refractivity contribution in [2.24, 2.45) is 0 Å². The number of nitrogens with one attached hydrogen (secondary N) is 1. The highest BCUT2D eigenvalue weighted by Gasteiger charge is 2.35. The summed E-state index contributed by atoms with van der Waals surface area (Å²) in [7, 11) is 0. The Kier molecular flexibility index (Phi) is 4.68. The molecule has 1 N–H and O–H groups in total. The van der Waals surface area contributed by atoms with Gasteiger partial charge in [-0.05, 0) is 49.4 Å². The molecule has 2 rings (SSSR count). The highest BCUT2D eigenvalue weighted by atomic mass is 19.4. The zero-order valence-electron chi connectivity index (χ0n) is 11.4. The highest BCUT2D eigenvalue weighted by Crippen LogP contribution is 2.37. The molecule has 112 valence electrons. The second-order valence-electron chi connectivity index (χ2n) is 5.36. The van der Waals surface area contributed by atoms with Crippen LogP contribution in [0, 0.1) is 5.82 Å². The summed E-state index contributed by atoms with van der Waals surface area (Å²) in [6.45, 7) is 2.87. The van der Waals surface area contributed by atoms with Crippen molar-refractivity contribution in [1.82, 2.24) is 5.32 Å². The summed E-state index contributed by atoms with van der Waals surface area (Å²) in [4.78, 5) is 0. The molecule has 2 atom stereocenters. The Morgan fingerprint density at radius 3 is 2.65 bits per heavy atom. The zero-order valence-corrected chi connectivity index (χ0v) is 11.4. The molecule has 1 aromatic rings. The first-order valence-corrected chi connectivity index (χ1v) is 7.01. The molecule has 0 aromatic heterocycles. The van der Waals surface area contributed by atoms with E-state index in [9.17, 15) is 17.6 Å². The van der Waals surface area contributed by atoms with Crippen LogP contribution in [0.25, 0.3) is 0 Å². The Morgan fingerprint density at radius 2 is 2.00 bits per heavy atom. The van der Waals surface area contributed by atoms with Gasteiger partial charge in [0, 0.05) is 6.04 Å². The van der Waals surface area contributed by atoms with Crippen LogP contribution >= 0.6 is 0 Å². The van der Waals surface area contributed by atoms with Crippen LogP contribution in [0.5, 0.6) is 0 Å². The predicted octanol–water partition coefficient (Wildman–Crippen LogP) is 4.48. The molecule has 1 nitrogen and oxygen atoms in total. The summed E-state index contributed by atoms with van der Waals surface area (Å²) in [6, 6.07) is 3.76. The summed E-state index contributed by atoms with van der Waals surface area (Å²) >= 11 is 0. The molecule has 2 unspecified atom stereocenters. The van der Waals surface area contributed by atoms with Crippen molar-refractivity contribution in [2.75, 3.05) is 6.54 Å². The van der Waals surface area contributed by atoms with Crippen LogP contribution in [-0.4, -0.2) is 12.6 Å². The Bertz CT molecular complexity index is 454. The SMILES string of the molecule is CCNC1CCCC(c2ccc(F)c(C(F)(F)F)c2)C1. The molecule has 20 heavy (non-hydrogen) atoms. The van der Waals surface area contributed by atoms with E-state index in [1.54, 1.807) is 0 Å². The molecule has 0 bridgehead atoms. The molecule has 5 heteroatoms. The molecule has 1 fully saturated rings. The van der Waals surface area contributed by atoms with E-state index in [0.29, 0.717) is 11.6 Å². The molecule has 0 spiro atoms. The minimum Gasteiger partial charge on any atom is -0.314 e. The van der Waals surface area contributed by atoms with Crippen LogP contribution in [0.15, 0.2) is 18.2 Å². The van der Waals surface area contributed by atoms with Gasteiger partial charge in [-0.1, -0.05) is 19.4 Å². The lowest BCUT2D eigenvalue weighted by Crippen LogP contribution is -2.33. The Labute approximate surface area is 116 Å². The summed E-state index contributed by atoms with van der Waals surface area (Å²) in [6.07, 6.45) is -0.907. The summed E-state index contributed by atoms with van der Waals surface area (Å²) in [5.74, 6) is -1.12. The van der Waals surface area contributed by atoms with Gasteiger partial charge in [0.15, 0.2) is 0 Å². The quantitative estimate of drug-likeness (QED) is 0.809. The maximum Gasteiger partial charge on any atom is 0.419 e. The number of hydrogen-bond donors (Lipinski definition) is 1. The predicted molar refractivity (Wildman–Crippen MR) is 70.1 cm³/mol. The van der Waals surface area contributed by atoms with E-state index in [2.05, 4.69) is 5.32 Å². The molecule has 1 saturated carbocycles. The van der Waals surface area contributed by atoms with Gasteiger partial charge in [0.05, 0.1) is 5.56 Å². The lowest BCUT2D eigenvalue weighted by Gasteiger charge is -2.30. The van der Waals surface area contributed by atoms with E-state index in [1.807, 2.05) is 6.92 Å². The minimum atomic E-state index is -4.63. The maximum absolute atomic E-state index is 13.3. The van der Waals surface area contributed by atoms with Crippen LogP contribution in [-0.2, 0) is 6.18 Å². The first kappa shape index (κ1) is 15.3. The fourth-order valence-corrected chi connectivity index (χ4v) is 2.98. The van der Waals surface area contributed by atoms with Gasteiger partial charge in [0.2, 0.25) is 0 Å². The molecule has 0 heterocycles. The highest BCUT2D eigenvalue weighted by molar-refractivity contribution is 5.30. The average molecular weight is 289 g/mol. The van der Waals surface area contributed by atoms with Crippen molar-refractivity contribution in [1.29, 1.82) is 0 Å². The van der Waals surface area contributed by atoms with Crippen molar-refractivity contribution in [3.05, 3.63) is 35.1 Å². The minimum absolute atomic E-state index is 0.0782. The van der Waals surface area contributed by atoms with Crippen molar-refractivity contribution in [3.8, 4) is 0 Å². The van der Waals surface area contributed by atoms with E-state index in [-0.39, 0.29) is 5.92 Å². The number of alkyl halides is 3. The fraction of sp³-hybridized carbons (Fsp3) is 0.600. The molecule has 0 saturated heterocycles. The van der Waals surface area contributed by atoms with Crippen LogP contribution < -0.4 is 5.32 Å². The number of rotatable bonds is 3. The second kappa shape index (κ2) is 6.12. The first-order chi connectivity index (χ1) is 9.41. The average Bonchev–Trinajstić information content (AvgIpc) is 2.38. The van der Waals surface area contributed by atoms with Crippen LogP contribution in [0.3, 0.4) is 0 Å². The molecular formula is C15H19F4N. The van der Waals surface area contributed by atoms with E-state index in [4.69, 9.17) is 0 Å². The largest absolute Gasteiger partial charge is 0.419 e. The van der Waals surface area contributed by atoms with Gasteiger partial charge in [0.25, 0.3) is 0 Å². The molecule has 0 radical (unpaired) electrons. The summed E-state index contributed by atoms with van der Waals surface area (Å²) < 4.78 is 51.5. The van der Waals surface area contributed by atoms with E-state index in [0.717, 1.165) is 44.4 Å². The van der Waals surface area contributed by atoms with Crippen LogP contribution in [0.1, 0.15) is 49.7 Å². The second-order valence-corrected chi connectivity index (χ2v) is 5.36. The van der Waals surface area contributed by atoms with Crippen LogP contribution in [0.4, 0.5) is 17.6 Å². The Balaban J connectivity index is 2.20.